The quantitative estimate of drug-likeness (QED) is 0.163. The van der Waals surface area contributed by atoms with Crippen LogP contribution in [-0.4, -0.2) is 43.8 Å². The maximum atomic E-state index is 14.8. The molecule has 0 spiro atoms. The average Bonchev–Trinajstić information content (AvgIpc) is 3.57. The van der Waals surface area contributed by atoms with E-state index < -0.39 is 28.5 Å². The van der Waals surface area contributed by atoms with Crippen LogP contribution in [0, 0.1) is 20.8 Å². The summed E-state index contributed by atoms with van der Waals surface area (Å²) in [7, 11) is -4.21. The standard InChI is InChI=1S/C38H41Cl2N3O4S/c1-26-14-19-33(20-15-26)48(46,47)43(35-21-27(2)13-16-28(35)3)25-37(44)42(24-30-17-18-31(39)23-34(30)40)36(22-29-9-5-4-6-10-29)38(45)41-32-11-7-8-12-32/h4-6,9-10,13-21,23,32,36H,7-8,11-12,22,24-25H2,1-3H3,(H,41,45)/t36-/m0/s1. The van der Waals surface area contributed by atoms with Crippen LogP contribution >= 0.6 is 23.2 Å². The Labute approximate surface area is 293 Å². The van der Waals surface area contributed by atoms with Crippen molar-refractivity contribution in [2.75, 3.05) is 10.8 Å². The van der Waals surface area contributed by atoms with E-state index in [1.807, 2.05) is 63.2 Å². The molecule has 4 aromatic rings. The van der Waals surface area contributed by atoms with Crippen LogP contribution < -0.4 is 9.62 Å². The zero-order valence-corrected chi connectivity index (χ0v) is 29.8. The fraction of sp³-hybridized carbons (Fsp3) is 0.316. The van der Waals surface area contributed by atoms with Gasteiger partial charge < -0.3 is 10.2 Å². The molecule has 0 unspecified atom stereocenters. The van der Waals surface area contributed by atoms with Crippen LogP contribution in [0.5, 0.6) is 0 Å². The van der Waals surface area contributed by atoms with E-state index >= 15 is 0 Å². The first-order valence-electron chi connectivity index (χ1n) is 16.2. The Bertz CT molecular complexity index is 1860. The average molecular weight is 707 g/mol. The summed E-state index contributed by atoms with van der Waals surface area (Å²) in [6, 6.07) is 25.6. The van der Waals surface area contributed by atoms with E-state index in [0.717, 1.165) is 46.7 Å². The molecule has 0 aliphatic heterocycles. The van der Waals surface area contributed by atoms with Crippen LogP contribution in [0.15, 0.2) is 95.9 Å². The lowest BCUT2D eigenvalue weighted by molar-refractivity contribution is -0.140. The van der Waals surface area contributed by atoms with Gasteiger partial charge in [0.2, 0.25) is 11.8 Å². The predicted octanol–water partition coefficient (Wildman–Crippen LogP) is 7.81. The number of rotatable bonds is 12. The number of anilines is 1. The SMILES string of the molecule is Cc1ccc(S(=O)(=O)N(CC(=O)N(Cc2ccc(Cl)cc2Cl)[C@@H](Cc2ccccc2)C(=O)NC2CCCC2)c2cc(C)ccc2C)cc1. The molecule has 1 aliphatic carbocycles. The van der Waals surface area contributed by atoms with Gasteiger partial charge in [-0.1, -0.05) is 102 Å². The van der Waals surface area contributed by atoms with E-state index in [1.54, 1.807) is 48.5 Å². The Balaban J connectivity index is 1.61. The third kappa shape index (κ3) is 8.59. The number of aryl methyl sites for hydroxylation is 3. The molecule has 4 aromatic carbocycles. The second-order valence-corrected chi connectivity index (χ2v) is 15.3. The van der Waals surface area contributed by atoms with Crippen molar-refractivity contribution in [3.8, 4) is 0 Å². The summed E-state index contributed by atoms with van der Waals surface area (Å²) < 4.78 is 29.9. The van der Waals surface area contributed by atoms with Gasteiger partial charge in [-0.25, -0.2) is 8.42 Å². The van der Waals surface area contributed by atoms with E-state index in [1.165, 1.54) is 4.90 Å². The van der Waals surface area contributed by atoms with E-state index in [4.69, 9.17) is 23.2 Å². The third-order valence-electron chi connectivity index (χ3n) is 8.85. The lowest BCUT2D eigenvalue weighted by atomic mass is 10.0. The number of carbonyl (C=O) groups is 2. The van der Waals surface area contributed by atoms with Crippen molar-refractivity contribution in [3.05, 3.63) is 129 Å². The first kappa shape index (κ1) is 35.5. The van der Waals surface area contributed by atoms with Crippen molar-refractivity contribution in [1.29, 1.82) is 0 Å². The summed E-state index contributed by atoms with van der Waals surface area (Å²) in [6.45, 7) is 5.00. The van der Waals surface area contributed by atoms with Crippen LogP contribution in [0.3, 0.4) is 0 Å². The Hall–Kier alpha value is -3.85. The third-order valence-corrected chi connectivity index (χ3v) is 11.2. The molecule has 252 valence electrons. The number of sulfonamides is 1. The molecule has 1 fully saturated rings. The van der Waals surface area contributed by atoms with Gasteiger partial charge in [0.25, 0.3) is 10.0 Å². The number of halogens is 2. The Morgan fingerprint density at radius 3 is 2.19 bits per heavy atom. The first-order valence-corrected chi connectivity index (χ1v) is 18.4. The van der Waals surface area contributed by atoms with Crippen LogP contribution in [-0.2, 0) is 32.6 Å². The first-order chi connectivity index (χ1) is 22.9. The summed E-state index contributed by atoms with van der Waals surface area (Å²) >= 11 is 12.8. The largest absolute Gasteiger partial charge is 0.352 e. The minimum absolute atomic E-state index is 0.0141. The highest BCUT2D eigenvalue weighted by Gasteiger charge is 2.36. The predicted molar refractivity (Wildman–Crippen MR) is 193 cm³/mol. The highest BCUT2D eigenvalue weighted by Crippen LogP contribution is 2.30. The zero-order chi connectivity index (χ0) is 34.4. The lowest BCUT2D eigenvalue weighted by Crippen LogP contribution is -2.54. The molecule has 1 atom stereocenters. The molecule has 0 aromatic heterocycles. The fourth-order valence-electron chi connectivity index (χ4n) is 6.09. The maximum Gasteiger partial charge on any atom is 0.264 e. The summed E-state index contributed by atoms with van der Waals surface area (Å²) in [5.74, 6) is -0.830. The van der Waals surface area contributed by atoms with Gasteiger partial charge in [-0.05, 0) is 86.2 Å². The summed E-state index contributed by atoms with van der Waals surface area (Å²) in [5, 5.41) is 3.97. The monoisotopic (exact) mass is 705 g/mol. The normalized spacial score (nSPS) is 14.0. The van der Waals surface area contributed by atoms with Gasteiger partial charge in [-0.3, -0.25) is 13.9 Å². The van der Waals surface area contributed by atoms with E-state index in [0.29, 0.717) is 26.9 Å². The van der Waals surface area contributed by atoms with Gasteiger partial charge in [-0.2, -0.15) is 0 Å². The molecule has 48 heavy (non-hydrogen) atoms. The molecule has 0 saturated heterocycles. The van der Waals surface area contributed by atoms with Gasteiger partial charge in [0.15, 0.2) is 0 Å². The molecule has 5 rings (SSSR count). The van der Waals surface area contributed by atoms with E-state index in [9.17, 15) is 18.0 Å². The number of hydrogen-bond acceptors (Lipinski definition) is 4. The van der Waals surface area contributed by atoms with Crippen LogP contribution in [0.2, 0.25) is 10.0 Å². The van der Waals surface area contributed by atoms with Gasteiger partial charge >= 0.3 is 0 Å². The number of benzene rings is 4. The number of hydrogen-bond donors (Lipinski definition) is 1. The fourth-order valence-corrected chi connectivity index (χ4v) is 8.03. The molecule has 1 saturated carbocycles. The topological polar surface area (TPSA) is 86.8 Å². The molecule has 10 heteroatoms. The molecule has 0 radical (unpaired) electrons. The summed E-state index contributed by atoms with van der Waals surface area (Å²) in [6.07, 6.45) is 4.02. The zero-order valence-electron chi connectivity index (χ0n) is 27.5. The molecule has 2 amide bonds. The molecule has 0 bridgehead atoms. The van der Waals surface area contributed by atoms with E-state index in [-0.39, 0.29) is 29.8 Å². The molecule has 1 N–H and O–H groups in total. The van der Waals surface area contributed by atoms with Gasteiger partial charge in [0.05, 0.1) is 10.6 Å². The Kier molecular flexibility index (Phi) is 11.5. The maximum absolute atomic E-state index is 14.8. The highest BCUT2D eigenvalue weighted by atomic mass is 35.5. The molecular formula is C38H41Cl2N3O4S. The second-order valence-electron chi connectivity index (χ2n) is 12.6. The number of nitrogens with one attached hydrogen (secondary N) is 1. The second kappa shape index (κ2) is 15.6. The molecule has 0 heterocycles. The van der Waals surface area contributed by atoms with Gasteiger partial charge in [0, 0.05) is 29.1 Å². The van der Waals surface area contributed by atoms with Crippen molar-refractivity contribution in [2.24, 2.45) is 0 Å². The Morgan fingerprint density at radius 1 is 0.854 bits per heavy atom. The number of carbonyl (C=O) groups excluding carboxylic acids is 2. The van der Waals surface area contributed by atoms with Crippen molar-refractivity contribution < 1.29 is 18.0 Å². The van der Waals surface area contributed by atoms with Crippen molar-refractivity contribution in [1.82, 2.24) is 10.2 Å². The summed E-state index contributed by atoms with van der Waals surface area (Å²) in [5.41, 5.74) is 4.28. The highest BCUT2D eigenvalue weighted by molar-refractivity contribution is 7.92. The number of amides is 2. The van der Waals surface area contributed by atoms with Gasteiger partial charge in [-0.15, -0.1) is 0 Å². The van der Waals surface area contributed by atoms with E-state index in [2.05, 4.69) is 5.32 Å². The lowest BCUT2D eigenvalue weighted by Gasteiger charge is -2.35. The van der Waals surface area contributed by atoms with Crippen LogP contribution in [0.4, 0.5) is 5.69 Å². The van der Waals surface area contributed by atoms with Crippen molar-refractivity contribution in [2.45, 2.75) is 76.4 Å². The molecular weight excluding hydrogens is 665 g/mol. The Morgan fingerprint density at radius 2 is 1.52 bits per heavy atom. The van der Waals surface area contributed by atoms with Crippen molar-refractivity contribution >= 4 is 50.7 Å². The van der Waals surface area contributed by atoms with Crippen LogP contribution in [0.25, 0.3) is 0 Å². The van der Waals surface area contributed by atoms with Gasteiger partial charge in [0.1, 0.15) is 12.6 Å². The minimum atomic E-state index is -4.21. The van der Waals surface area contributed by atoms with Crippen LogP contribution in [0.1, 0.15) is 53.5 Å². The molecule has 7 nitrogen and oxygen atoms in total. The minimum Gasteiger partial charge on any atom is -0.352 e. The molecule has 1 aliphatic rings. The summed E-state index contributed by atoms with van der Waals surface area (Å²) in [4.78, 5) is 30.5. The number of nitrogens with zero attached hydrogens (tertiary/aromatic N) is 2. The van der Waals surface area contributed by atoms with Crippen molar-refractivity contribution in [3.63, 3.8) is 0 Å². The smallest absolute Gasteiger partial charge is 0.264 e.